The predicted octanol–water partition coefficient (Wildman–Crippen LogP) is 4.28. The molecule has 0 saturated carbocycles. The van der Waals surface area contributed by atoms with Gasteiger partial charge in [0, 0.05) is 53.4 Å². The number of carboxylic acids is 1. The van der Waals surface area contributed by atoms with Gasteiger partial charge in [0.25, 0.3) is 0 Å². The molecule has 5 rings (SSSR count). The fourth-order valence-electron chi connectivity index (χ4n) is 5.49. The van der Waals surface area contributed by atoms with E-state index < -0.39 is 60.6 Å². The number of aromatic nitrogens is 1. The lowest BCUT2D eigenvalue weighted by Gasteiger charge is -2.43. The average molecular weight is 669 g/mol. The number of benzene rings is 1. The Labute approximate surface area is 256 Å². The van der Waals surface area contributed by atoms with E-state index in [1.165, 1.54) is 12.1 Å². The van der Waals surface area contributed by atoms with E-state index in [0.29, 0.717) is 26.8 Å². The summed E-state index contributed by atoms with van der Waals surface area (Å²) in [6.07, 6.45) is 3.72. The monoisotopic (exact) mass is 669 g/mol. The highest BCUT2D eigenvalue weighted by Crippen LogP contribution is 2.48. The number of alkyl halides is 4. The number of nitrogens with zero attached hydrogens (tertiary/aromatic N) is 2. The first kappa shape index (κ1) is 33.0. The molecule has 1 aliphatic carbocycles. The van der Waals surface area contributed by atoms with Gasteiger partial charge in [-0.1, -0.05) is 6.08 Å². The van der Waals surface area contributed by atoms with Crippen LogP contribution in [-0.4, -0.2) is 62.3 Å². The Balaban J connectivity index is 1.58. The van der Waals surface area contributed by atoms with Crippen molar-refractivity contribution in [1.29, 1.82) is 0 Å². The van der Waals surface area contributed by atoms with E-state index in [1.54, 1.807) is 26.0 Å². The Morgan fingerprint density at radius 3 is 2.24 bits per heavy atom. The summed E-state index contributed by atoms with van der Waals surface area (Å²) in [7, 11) is -4.87. The molecular formula is C29H26F4N2O10P+. The molecule has 3 aromatic rings. The number of aliphatic hydroxyl groups is 1. The molecule has 4 N–H and O–H groups in total. The van der Waals surface area contributed by atoms with Gasteiger partial charge in [-0.25, -0.2) is 9.36 Å². The number of hydrogen-bond acceptors (Lipinski definition) is 8. The summed E-state index contributed by atoms with van der Waals surface area (Å²) in [4.78, 5) is 56.7. The van der Waals surface area contributed by atoms with Crippen LogP contribution in [0.25, 0.3) is 33.4 Å². The van der Waals surface area contributed by atoms with Gasteiger partial charge in [0.1, 0.15) is 5.58 Å². The van der Waals surface area contributed by atoms with Crippen LogP contribution in [0.4, 0.5) is 23.2 Å². The van der Waals surface area contributed by atoms with Crippen LogP contribution in [0, 0.1) is 0 Å². The van der Waals surface area contributed by atoms with E-state index in [0.717, 1.165) is 24.5 Å². The van der Waals surface area contributed by atoms with Gasteiger partial charge in [-0.3, -0.25) is 14.1 Å². The predicted molar refractivity (Wildman–Crippen MR) is 153 cm³/mol. The second kappa shape index (κ2) is 11.2. The lowest BCUT2D eigenvalue weighted by atomic mass is 9.87. The molecule has 0 atom stereocenters. The summed E-state index contributed by atoms with van der Waals surface area (Å²) in [5.41, 5.74) is -1.48. The first-order valence-corrected chi connectivity index (χ1v) is 15.1. The zero-order chi connectivity index (χ0) is 34.0. The molecule has 0 fully saturated rings. The van der Waals surface area contributed by atoms with Crippen molar-refractivity contribution in [3.63, 3.8) is 0 Å². The minimum absolute atomic E-state index is 0.0577. The fraction of sp³-hybridized carbons (Fsp3) is 0.310. The van der Waals surface area contributed by atoms with Crippen molar-refractivity contribution >= 4 is 47.5 Å². The van der Waals surface area contributed by atoms with Crippen LogP contribution in [0.5, 0.6) is 0 Å². The van der Waals surface area contributed by atoms with E-state index in [9.17, 15) is 51.4 Å². The summed E-state index contributed by atoms with van der Waals surface area (Å²) in [6, 6.07) is 6.84. The number of fused-ring (bicyclic) bond motifs is 2. The van der Waals surface area contributed by atoms with Crippen LogP contribution in [0.1, 0.15) is 32.3 Å². The molecule has 1 aliphatic heterocycles. The van der Waals surface area contributed by atoms with Gasteiger partial charge < -0.3 is 29.3 Å². The minimum atomic E-state index is -5.15. The number of ketones is 1. The van der Waals surface area contributed by atoms with Crippen molar-refractivity contribution in [2.45, 2.75) is 44.1 Å². The number of Topliss-reactive ketones (excluding diaryl/α,β-unsaturated/α-hetero) is 1. The molecule has 0 unspecified atom stereocenters. The molecule has 1 aromatic carbocycles. The van der Waals surface area contributed by atoms with Crippen LogP contribution in [0.15, 0.2) is 63.8 Å². The third kappa shape index (κ3) is 5.73. The lowest BCUT2D eigenvalue weighted by molar-refractivity contribution is -0.578. The molecule has 0 spiro atoms. The Morgan fingerprint density at radius 1 is 1.04 bits per heavy atom. The Bertz CT molecular complexity index is 1950. The number of aliphatic carboxylic acids is 1. The zero-order valence-corrected chi connectivity index (χ0v) is 24.9. The Kier molecular flexibility index (Phi) is 8.00. The molecule has 0 bridgehead atoms. The van der Waals surface area contributed by atoms with Gasteiger partial charge >= 0.3 is 42.7 Å². The van der Waals surface area contributed by atoms with Crippen molar-refractivity contribution in [2.75, 3.05) is 18.1 Å². The molecule has 244 valence electrons. The molecule has 46 heavy (non-hydrogen) atoms. The summed E-state index contributed by atoms with van der Waals surface area (Å²) < 4.78 is 77.7. The normalized spacial score (nSPS) is 18.6. The standard InChI is InChI=1S/C29H25F4N2O10P/c1-27(2)13-17(14-44-46(41,42)43)18-10-16-11-19(26(40)45-21(16)12-20(18)35(27)7-3-4-22(36)37)15-5-8-34(9-6-15)23-24(38)28(30,31)29(32,33)25(23)39/h5-6,8-13H,3-4,7,14H2,1-2H3,(H3-,36,37,38,39,41,42,43)/p+1. The van der Waals surface area contributed by atoms with Gasteiger partial charge in [-0.15, -0.1) is 0 Å². The molecule has 2 aliphatic rings. The summed E-state index contributed by atoms with van der Waals surface area (Å²) in [6.45, 7) is 3.38. The van der Waals surface area contributed by atoms with Crippen molar-refractivity contribution in [1.82, 2.24) is 0 Å². The quantitative estimate of drug-likeness (QED) is 0.111. The van der Waals surface area contributed by atoms with Gasteiger partial charge in [0.05, 0.1) is 17.7 Å². The minimum Gasteiger partial charge on any atom is -0.501 e. The SMILES string of the molecule is CC1(C)C=C(COP(=O)(O)O)c2cc3cc(-c4cc[n+](C5=C(O)C(F)(F)C(F)(F)C5=O)cc4)c(=O)oc3cc2N1CCCC(=O)O. The first-order chi connectivity index (χ1) is 21.2. The summed E-state index contributed by atoms with van der Waals surface area (Å²) in [5, 5.41) is 19.2. The molecule has 2 aromatic heterocycles. The molecule has 0 radical (unpaired) electrons. The number of rotatable bonds is 9. The fourth-order valence-corrected chi connectivity index (χ4v) is 5.80. The number of phosphoric ester groups is 1. The number of carbonyl (C=O) groups excluding carboxylic acids is 1. The Morgan fingerprint density at radius 2 is 1.67 bits per heavy atom. The molecular weight excluding hydrogens is 643 g/mol. The molecule has 17 heteroatoms. The number of pyridine rings is 1. The van der Waals surface area contributed by atoms with Crippen LogP contribution in [0.2, 0.25) is 0 Å². The van der Waals surface area contributed by atoms with Crippen LogP contribution < -0.4 is 15.1 Å². The number of halogens is 4. The van der Waals surface area contributed by atoms with Crippen LogP contribution in [0.3, 0.4) is 0 Å². The van der Waals surface area contributed by atoms with Crippen molar-refractivity contribution in [3.8, 4) is 11.1 Å². The topological polar surface area (TPSA) is 179 Å². The molecule has 0 saturated heterocycles. The maximum Gasteiger partial charge on any atom is 0.469 e. The van der Waals surface area contributed by atoms with E-state index >= 15 is 0 Å². The highest BCUT2D eigenvalue weighted by molar-refractivity contribution is 7.46. The number of phosphoric acid groups is 1. The van der Waals surface area contributed by atoms with Crippen molar-refractivity contribution in [2.24, 2.45) is 0 Å². The second-order valence-corrected chi connectivity index (χ2v) is 12.5. The highest BCUT2D eigenvalue weighted by Gasteiger charge is 2.74. The van der Waals surface area contributed by atoms with Crippen molar-refractivity contribution < 1.29 is 65.2 Å². The maximum absolute atomic E-state index is 13.8. The molecule has 12 nitrogen and oxygen atoms in total. The smallest absolute Gasteiger partial charge is 0.469 e. The van der Waals surface area contributed by atoms with Gasteiger partial charge in [0.15, 0.2) is 12.4 Å². The van der Waals surface area contributed by atoms with Crippen molar-refractivity contribution in [3.05, 3.63) is 70.5 Å². The summed E-state index contributed by atoms with van der Waals surface area (Å²) in [5.74, 6) is -15.6. The first-order valence-electron chi connectivity index (χ1n) is 13.5. The number of hydrogen-bond donors (Lipinski definition) is 4. The maximum atomic E-state index is 13.8. The number of carbonyl (C=O) groups is 2. The third-order valence-electron chi connectivity index (χ3n) is 7.69. The van der Waals surface area contributed by atoms with Gasteiger partial charge in [-0.2, -0.15) is 22.1 Å². The van der Waals surface area contributed by atoms with E-state index in [1.807, 2.05) is 4.90 Å². The lowest BCUT2D eigenvalue weighted by Crippen LogP contribution is -2.46. The second-order valence-electron chi connectivity index (χ2n) is 11.3. The largest absolute Gasteiger partial charge is 0.501 e. The van der Waals surface area contributed by atoms with E-state index in [2.05, 4.69) is 0 Å². The van der Waals surface area contributed by atoms with Gasteiger partial charge in [-0.05, 0) is 38.0 Å². The van der Waals surface area contributed by atoms with Gasteiger partial charge in [0.2, 0.25) is 5.76 Å². The zero-order valence-electron chi connectivity index (χ0n) is 24.0. The molecule has 3 heterocycles. The Hall–Kier alpha value is -4.37. The number of allylic oxidation sites excluding steroid dienone is 2. The highest BCUT2D eigenvalue weighted by atomic mass is 31.2. The summed E-state index contributed by atoms with van der Waals surface area (Å²) >= 11 is 0. The third-order valence-corrected chi connectivity index (χ3v) is 8.15. The van der Waals surface area contributed by atoms with E-state index in [-0.39, 0.29) is 36.1 Å². The molecule has 0 amide bonds. The number of carboxylic acid groups (broad SMARTS) is 1. The number of anilines is 1. The average Bonchev–Trinajstić information content (AvgIpc) is 3.07. The van der Waals surface area contributed by atoms with Crippen LogP contribution >= 0.6 is 7.82 Å². The van der Waals surface area contributed by atoms with Crippen LogP contribution in [-0.2, 0) is 18.7 Å². The number of aliphatic hydroxyl groups excluding tert-OH is 1. The van der Waals surface area contributed by atoms with E-state index in [4.69, 9.17) is 14.0 Å².